The molecule has 0 atom stereocenters. The molecule has 5 heteroatoms. The van der Waals surface area contributed by atoms with Crippen molar-refractivity contribution in [3.8, 4) is 0 Å². The van der Waals surface area contributed by atoms with E-state index in [1.165, 1.54) is 23.9 Å². The summed E-state index contributed by atoms with van der Waals surface area (Å²) in [4.78, 5) is 24.4. The Kier molecular flexibility index (Phi) is 2.07. The summed E-state index contributed by atoms with van der Waals surface area (Å²) in [5, 5.41) is 3.89. The number of aromatic nitrogens is 2. The molecule has 0 radical (unpaired) electrons. The molecule has 1 aliphatic heterocycles. The van der Waals surface area contributed by atoms with Crippen LogP contribution in [0.1, 0.15) is 16.9 Å². The van der Waals surface area contributed by atoms with E-state index in [0.717, 1.165) is 19.5 Å². The van der Waals surface area contributed by atoms with Crippen LogP contribution in [0.5, 0.6) is 0 Å². The van der Waals surface area contributed by atoms with Crippen molar-refractivity contribution in [3.05, 3.63) is 28.2 Å². The normalized spacial score (nSPS) is 15.1. The maximum absolute atomic E-state index is 11.6. The van der Waals surface area contributed by atoms with E-state index in [2.05, 4.69) is 5.10 Å². The smallest absolute Gasteiger partial charge is 0.274 e. The first kappa shape index (κ1) is 8.93. The van der Waals surface area contributed by atoms with E-state index in [1.807, 2.05) is 0 Å². The van der Waals surface area contributed by atoms with Crippen LogP contribution >= 0.6 is 0 Å². The van der Waals surface area contributed by atoms with Gasteiger partial charge in [-0.3, -0.25) is 9.59 Å². The Hall–Kier alpha value is -1.65. The highest BCUT2D eigenvalue weighted by molar-refractivity contribution is 5.92. The molecular formula is C9H11N3O2. The molecule has 0 saturated carbocycles. The maximum atomic E-state index is 11.6. The zero-order valence-electron chi connectivity index (χ0n) is 7.93. The number of rotatable bonds is 1. The molecule has 0 aromatic carbocycles. The van der Waals surface area contributed by atoms with Crippen LogP contribution in [0.15, 0.2) is 16.9 Å². The van der Waals surface area contributed by atoms with Gasteiger partial charge in [-0.15, -0.1) is 0 Å². The van der Waals surface area contributed by atoms with E-state index < -0.39 is 0 Å². The van der Waals surface area contributed by atoms with Gasteiger partial charge in [0.05, 0.1) is 0 Å². The van der Waals surface area contributed by atoms with Crippen LogP contribution in [0.25, 0.3) is 0 Å². The van der Waals surface area contributed by atoms with Crippen molar-refractivity contribution >= 4 is 5.91 Å². The molecule has 2 rings (SSSR count). The van der Waals surface area contributed by atoms with E-state index in [-0.39, 0.29) is 11.5 Å². The van der Waals surface area contributed by atoms with Crippen molar-refractivity contribution in [2.24, 2.45) is 7.05 Å². The third-order valence-electron chi connectivity index (χ3n) is 2.32. The first-order valence-corrected chi connectivity index (χ1v) is 4.52. The largest absolute Gasteiger partial charge is 0.337 e. The number of likely N-dealkylation sites (tertiary alicyclic amines) is 1. The van der Waals surface area contributed by atoms with E-state index in [4.69, 9.17) is 0 Å². The maximum Gasteiger partial charge on any atom is 0.274 e. The van der Waals surface area contributed by atoms with Crippen molar-refractivity contribution in [2.45, 2.75) is 6.42 Å². The lowest BCUT2D eigenvalue weighted by molar-refractivity contribution is 0.0643. The molecule has 1 aromatic heterocycles. The molecule has 5 nitrogen and oxygen atoms in total. The molecule has 0 bridgehead atoms. The first-order chi connectivity index (χ1) is 6.68. The molecule has 1 amide bonds. The molecule has 1 aromatic rings. The molecule has 2 heterocycles. The van der Waals surface area contributed by atoms with Crippen molar-refractivity contribution in [2.75, 3.05) is 13.1 Å². The minimum Gasteiger partial charge on any atom is -0.337 e. The van der Waals surface area contributed by atoms with Gasteiger partial charge in [-0.25, -0.2) is 4.68 Å². The highest BCUT2D eigenvalue weighted by Crippen LogP contribution is 2.09. The van der Waals surface area contributed by atoms with E-state index in [0.29, 0.717) is 5.69 Å². The Morgan fingerprint density at radius 1 is 1.43 bits per heavy atom. The summed E-state index contributed by atoms with van der Waals surface area (Å²) in [6, 6.07) is 2.84. The van der Waals surface area contributed by atoms with Gasteiger partial charge in [0.25, 0.3) is 11.5 Å². The molecule has 0 unspecified atom stereocenters. The minimum absolute atomic E-state index is 0.0909. The van der Waals surface area contributed by atoms with Crippen LogP contribution in [0.2, 0.25) is 0 Å². The fourth-order valence-electron chi connectivity index (χ4n) is 1.30. The molecule has 1 saturated heterocycles. The Labute approximate surface area is 81.0 Å². The summed E-state index contributed by atoms with van der Waals surface area (Å²) in [6.07, 6.45) is 1.05. The summed E-state index contributed by atoms with van der Waals surface area (Å²) >= 11 is 0. The summed E-state index contributed by atoms with van der Waals surface area (Å²) < 4.78 is 1.17. The minimum atomic E-state index is -0.204. The van der Waals surface area contributed by atoms with Gasteiger partial charge in [-0.2, -0.15) is 5.10 Å². The third-order valence-corrected chi connectivity index (χ3v) is 2.32. The molecule has 1 aliphatic rings. The number of hydrogen-bond donors (Lipinski definition) is 0. The van der Waals surface area contributed by atoms with Crippen LogP contribution in [0.3, 0.4) is 0 Å². The highest BCUT2D eigenvalue weighted by atomic mass is 16.2. The van der Waals surface area contributed by atoms with Gasteiger partial charge < -0.3 is 4.90 Å². The van der Waals surface area contributed by atoms with Crippen LogP contribution < -0.4 is 5.56 Å². The predicted octanol–water partition coefficient (Wildman–Crippen LogP) is -0.374. The summed E-state index contributed by atoms with van der Waals surface area (Å²) in [6.45, 7) is 1.59. The number of carbonyl (C=O) groups is 1. The fraction of sp³-hybridized carbons (Fsp3) is 0.444. The van der Waals surface area contributed by atoms with E-state index in [1.54, 1.807) is 4.90 Å². The number of aryl methyl sites for hydroxylation is 1. The second-order valence-electron chi connectivity index (χ2n) is 3.33. The number of nitrogens with zero attached hydrogens (tertiary/aromatic N) is 3. The van der Waals surface area contributed by atoms with Gasteiger partial charge in [0, 0.05) is 26.2 Å². The van der Waals surface area contributed by atoms with Crippen LogP contribution in [0.4, 0.5) is 0 Å². The van der Waals surface area contributed by atoms with Crippen LogP contribution in [0, 0.1) is 0 Å². The zero-order valence-corrected chi connectivity index (χ0v) is 7.93. The molecular weight excluding hydrogens is 182 g/mol. The third kappa shape index (κ3) is 1.41. The molecule has 0 spiro atoms. The predicted molar refractivity (Wildman–Crippen MR) is 50.0 cm³/mol. The topological polar surface area (TPSA) is 55.2 Å². The first-order valence-electron chi connectivity index (χ1n) is 4.52. The van der Waals surface area contributed by atoms with Gasteiger partial charge in [0.2, 0.25) is 0 Å². The fourth-order valence-corrected chi connectivity index (χ4v) is 1.30. The summed E-state index contributed by atoms with van der Waals surface area (Å²) in [7, 11) is 1.54. The average Bonchev–Trinajstić information content (AvgIpc) is 2.06. The molecule has 0 N–H and O–H groups in total. The molecule has 14 heavy (non-hydrogen) atoms. The Balaban J connectivity index is 2.27. The van der Waals surface area contributed by atoms with Crippen LogP contribution in [-0.4, -0.2) is 33.7 Å². The van der Waals surface area contributed by atoms with Crippen molar-refractivity contribution in [1.29, 1.82) is 0 Å². The van der Waals surface area contributed by atoms with Gasteiger partial charge >= 0.3 is 0 Å². The molecule has 0 aliphatic carbocycles. The number of carbonyl (C=O) groups excluding carboxylic acids is 1. The van der Waals surface area contributed by atoms with Gasteiger partial charge in [0.15, 0.2) is 0 Å². The number of amides is 1. The van der Waals surface area contributed by atoms with Crippen molar-refractivity contribution < 1.29 is 4.79 Å². The Morgan fingerprint density at radius 2 is 2.14 bits per heavy atom. The van der Waals surface area contributed by atoms with Gasteiger partial charge in [-0.05, 0) is 12.5 Å². The van der Waals surface area contributed by atoms with Gasteiger partial charge in [-0.1, -0.05) is 0 Å². The van der Waals surface area contributed by atoms with Crippen molar-refractivity contribution in [3.63, 3.8) is 0 Å². The molecule has 1 fully saturated rings. The Morgan fingerprint density at radius 3 is 2.64 bits per heavy atom. The average molecular weight is 193 g/mol. The highest BCUT2D eigenvalue weighted by Gasteiger charge is 2.22. The molecule has 74 valence electrons. The monoisotopic (exact) mass is 193 g/mol. The quantitative estimate of drug-likeness (QED) is 0.611. The zero-order chi connectivity index (χ0) is 10.1. The van der Waals surface area contributed by atoms with E-state index in [9.17, 15) is 9.59 Å². The SMILES string of the molecule is Cn1nc(C(=O)N2CCC2)ccc1=O. The lowest BCUT2D eigenvalue weighted by Crippen LogP contribution is -2.43. The second-order valence-corrected chi connectivity index (χ2v) is 3.33. The van der Waals surface area contributed by atoms with Crippen molar-refractivity contribution in [1.82, 2.24) is 14.7 Å². The standard InChI is InChI=1S/C9H11N3O2/c1-11-8(13)4-3-7(10-11)9(14)12-5-2-6-12/h3-4H,2,5-6H2,1H3. The lowest BCUT2D eigenvalue weighted by Gasteiger charge is -2.30. The Bertz CT molecular complexity index is 420. The van der Waals surface area contributed by atoms with E-state index >= 15 is 0 Å². The van der Waals surface area contributed by atoms with Gasteiger partial charge in [0.1, 0.15) is 5.69 Å². The summed E-state index contributed by atoms with van der Waals surface area (Å²) in [5.41, 5.74) is 0.136. The van der Waals surface area contributed by atoms with Crippen LogP contribution in [-0.2, 0) is 7.05 Å². The second kappa shape index (κ2) is 3.25. The number of hydrogen-bond acceptors (Lipinski definition) is 3. The summed E-state index contributed by atoms with van der Waals surface area (Å²) in [5.74, 6) is -0.0909. The lowest BCUT2D eigenvalue weighted by atomic mass is 10.2.